The van der Waals surface area contributed by atoms with E-state index in [4.69, 9.17) is 0 Å². The Morgan fingerprint density at radius 3 is 1.73 bits per heavy atom. The first-order valence-electron chi connectivity index (χ1n) is 7.26. The molecule has 0 aliphatic heterocycles. The van der Waals surface area contributed by atoms with Gasteiger partial charge < -0.3 is 5.32 Å². The predicted molar refractivity (Wildman–Crippen MR) is 91.6 cm³/mol. The molecule has 0 aromatic heterocycles. The van der Waals surface area contributed by atoms with E-state index in [1.165, 1.54) is 11.1 Å². The minimum atomic E-state index is 0.0822. The van der Waals surface area contributed by atoms with Crippen molar-refractivity contribution in [2.45, 2.75) is 6.92 Å². The van der Waals surface area contributed by atoms with Gasteiger partial charge in [0.25, 0.3) is 0 Å². The van der Waals surface area contributed by atoms with Crippen LogP contribution in [0.5, 0.6) is 0 Å². The number of carbonyl (C=O) groups excluding carboxylic acids is 1. The summed E-state index contributed by atoms with van der Waals surface area (Å²) >= 11 is 0. The molecule has 0 amide bonds. The number of hydrogen-bond donors (Lipinski definition) is 1. The van der Waals surface area contributed by atoms with Crippen molar-refractivity contribution in [2.24, 2.45) is 0 Å². The molecule has 0 spiro atoms. The van der Waals surface area contributed by atoms with E-state index in [2.05, 4.69) is 41.7 Å². The summed E-state index contributed by atoms with van der Waals surface area (Å²) in [6, 6.07) is 26.1. The molecule has 2 nitrogen and oxygen atoms in total. The van der Waals surface area contributed by atoms with Gasteiger partial charge in [0.1, 0.15) is 0 Å². The van der Waals surface area contributed by atoms with Crippen molar-refractivity contribution in [3.8, 4) is 11.1 Å². The molecule has 0 saturated carbocycles. The number of Topliss-reactive ketones (excluding diaryl/α,β-unsaturated/α-hetero) is 1. The van der Waals surface area contributed by atoms with Crippen molar-refractivity contribution in [3.63, 3.8) is 0 Å². The van der Waals surface area contributed by atoms with E-state index >= 15 is 0 Å². The van der Waals surface area contributed by atoms with Crippen LogP contribution in [0.4, 0.5) is 11.4 Å². The SMILES string of the molecule is CC(=O)c1ccc(Nc2ccc(-c3ccccc3)cc2)cc1. The van der Waals surface area contributed by atoms with Crippen LogP contribution in [0, 0.1) is 0 Å². The van der Waals surface area contributed by atoms with Gasteiger partial charge in [-0.05, 0) is 54.4 Å². The third-order valence-corrected chi connectivity index (χ3v) is 3.57. The lowest BCUT2D eigenvalue weighted by Crippen LogP contribution is -1.94. The number of hydrogen-bond acceptors (Lipinski definition) is 2. The molecule has 3 aromatic carbocycles. The van der Waals surface area contributed by atoms with Crippen molar-refractivity contribution in [3.05, 3.63) is 84.4 Å². The first kappa shape index (κ1) is 14.1. The Kier molecular flexibility index (Phi) is 4.01. The van der Waals surface area contributed by atoms with Crippen LogP contribution >= 0.6 is 0 Å². The van der Waals surface area contributed by atoms with Gasteiger partial charge in [-0.2, -0.15) is 0 Å². The number of anilines is 2. The normalized spacial score (nSPS) is 10.2. The van der Waals surface area contributed by atoms with Crippen LogP contribution in [0.1, 0.15) is 17.3 Å². The summed E-state index contributed by atoms with van der Waals surface area (Å²) in [6.07, 6.45) is 0. The van der Waals surface area contributed by atoms with E-state index in [0.717, 1.165) is 16.9 Å². The average Bonchev–Trinajstić information content (AvgIpc) is 2.57. The highest BCUT2D eigenvalue weighted by Crippen LogP contribution is 2.23. The summed E-state index contributed by atoms with van der Waals surface area (Å²) in [5.41, 5.74) is 5.12. The number of benzene rings is 3. The zero-order chi connectivity index (χ0) is 15.4. The molecule has 1 N–H and O–H groups in total. The van der Waals surface area contributed by atoms with Crippen LogP contribution in [-0.4, -0.2) is 5.78 Å². The van der Waals surface area contributed by atoms with E-state index in [1.54, 1.807) is 6.92 Å². The predicted octanol–water partition coefficient (Wildman–Crippen LogP) is 5.30. The molecule has 3 rings (SSSR count). The van der Waals surface area contributed by atoms with Crippen LogP contribution < -0.4 is 5.32 Å². The lowest BCUT2D eigenvalue weighted by atomic mass is 10.1. The molecule has 2 heteroatoms. The Morgan fingerprint density at radius 2 is 1.18 bits per heavy atom. The highest BCUT2D eigenvalue weighted by atomic mass is 16.1. The van der Waals surface area contributed by atoms with E-state index in [1.807, 2.05) is 42.5 Å². The molecule has 0 saturated heterocycles. The maximum atomic E-state index is 11.3. The first-order valence-corrected chi connectivity index (χ1v) is 7.26. The molecular weight excluding hydrogens is 270 g/mol. The molecule has 0 radical (unpaired) electrons. The Hall–Kier alpha value is -2.87. The van der Waals surface area contributed by atoms with Gasteiger partial charge in [0.05, 0.1) is 0 Å². The van der Waals surface area contributed by atoms with Crippen molar-refractivity contribution >= 4 is 17.2 Å². The fourth-order valence-corrected chi connectivity index (χ4v) is 2.33. The quantitative estimate of drug-likeness (QED) is 0.660. The van der Waals surface area contributed by atoms with E-state index < -0.39 is 0 Å². The van der Waals surface area contributed by atoms with Gasteiger partial charge >= 0.3 is 0 Å². The maximum absolute atomic E-state index is 11.3. The molecule has 0 aliphatic rings. The van der Waals surface area contributed by atoms with E-state index in [-0.39, 0.29) is 5.78 Å². The molecule has 0 atom stereocenters. The summed E-state index contributed by atoms with van der Waals surface area (Å²) in [5.74, 6) is 0.0822. The molecule has 0 aliphatic carbocycles. The largest absolute Gasteiger partial charge is 0.356 e. The smallest absolute Gasteiger partial charge is 0.159 e. The van der Waals surface area contributed by atoms with Crippen LogP contribution in [0.2, 0.25) is 0 Å². The standard InChI is InChI=1S/C20H17NO/c1-15(22)16-7-11-19(12-8-16)21-20-13-9-18(10-14-20)17-5-3-2-4-6-17/h2-14,21H,1H3. The zero-order valence-electron chi connectivity index (χ0n) is 12.4. The van der Waals surface area contributed by atoms with Crippen molar-refractivity contribution < 1.29 is 4.79 Å². The summed E-state index contributed by atoms with van der Waals surface area (Å²) < 4.78 is 0. The molecule has 3 aromatic rings. The Bertz CT molecular complexity index is 759. The fourth-order valence-electron chi connectivity index (χ4n) is 2.33. The second-order valence-electron chi connectivity index (χ2n) is 5.20. The number of ketones is 1. The van der Waals surface area contributed by atoms with Gasteiger partial charge in [-0.3, -0.25) is 4.79 Å². The van der Waals surface area contributed by atoms with Gasteiger partial charge in [-0.1, -0.05) is 42.5 Å². The molecule has 0 heterocycles. The van der Waals surface area contributed by atoms with Crippen LogP contribution in [0.25, 0.3) is 11.1 Å². The fraction of sp³-hybridized carbons (Fsp3) is 0.0500. The van der Waals surface area contributed by atoms with Crippen LogP contribution in [0.15, 0.2) is 78.9 Å². The summed E-state index contributed by atoms with van der Waals surface area (Å²) in [6.45, 7) is 1.57. The van der Waals surface area contributed by atoms with Crippen molar-refractivity contribution in [1.82, 2.24) is 0 Å². The van der Waals surface area contributed by atoms with Gasteiger partial charge in [-0.25, -0.2) is 0 Å². The second-order valence-corrected chi connectivity index (χ2v) is 5.20. The summed E-state index contributed by atoms with van der Waals surface area (Å²) in [7, 11) is 0. The second kappa shape index (κ2) is 6.27. The van der Waals surface area contributed by atoms with Crippen LogP contribution in [0.3, 0.4) is 0 Å². The highest BCUT2D eigenvalue weighted by Gasteiger charge is 2.00. The third kappa shape index (κ3) is 3.23. The van der Waals surface area contributed by atoms with Gasteiger partial charge in [-0.15, -0.1) is 0 Å². The molecule has 0 unspecified atom stereocenters. The number of nitrogens with one attached hydrogen (secondary N) is 1. The van der Waals surface area contributed by atoms with Crippen LogP contribution in [-0.2, 0) is 0 Å². The zero-order valence-corrected chi connectivity index (χ0v) is 12.4. The van der Waals surface area contributed by atoms with E-state index in [0.29, 0.717) is 0 Å². The topological polar surface area (TPSA) is 29.1 Å². The number of carbonyl (C=O) groups is 1. The summed E-state index contributed by atoms with van der Waals surface area (Å²) in [5, 5.41) is 3.34. The maximum Gasteiger partial charge on any atom is 0.159 e. The molecule has 0 fully saturated rings. The third-order valence-electron chi connectivity index (χ3n) is 3.57. The molecule has 0 bridgehead atoms. The molecular formula is C20H17NO. The first-order chi connectivity index (χ1) is 10.7. The minimum absolute atomic E-state index is 0.0822. The molecule has 108 valence electrons. The van der Waals surface area contributed by atoms with Crippen molar-refractivity contribution in [1.29, 1.82) is 0 Å². The van der Waals surface area contributed by atoms with E-state index in [9.17, 15) is 4.79 Å². The van der Waals surface area contributed by atoms with Gasteiger partial charge in [0.2, 0.25) is 0 Å². The highest BCUT2D eigenvalue weighted by molar-refractivity contribution is 5.94. The monoisotopic (exact) mass is 287 g/mol. The van der Waals surface area contributed by atoms with Gasteiger partial charge in [0, 0.05) is 16.9 Å². The lowest BCUT2D eigenvalue weighted by molar-refractivity contribution is 0.101. The van der Waals surface area contributed by atoms with Crippen molar-refractivity contribution in [2.75, 3.05) is 5.32 Å². The molecule has 22 heavy (non-hydrogen) atoms. The Labute approximate surface area is 130 Å². The van der Waals surface area contributed by atoms with Gasteiger partial charge in [0.15, 0.2) is 5.78 Å². The Morgan fingerprint density at radius 1 is 0.682 bits per heavy atom. The lowest BCUT2D eigenvalue weighted by Gasteiger charge is -2.08. The number of rotatable bonds is 4. The summed E-state index contributed by atoms with van der Waals surface area (Å²) in [4.78, 5) is 11.3. The Balaban J connectivity index is 1.75. The average molecular weight is 287 g/mol. The minimum Gasteiger partial charge on any atom is -0.356 e.